The zero-order chi connectivity index (χ0) is 26.9. The van der Waals surface area contributed by atoms with Crippen molar-refractivity contribution in [3.05, 3.63) is 51.1 Å². The number of anilines is 1. The van der Waals surface area contributed by atoms with Crippen LogP contribution in [0, 0.1) is 6.92 Å². The zero-order valence-corrected chi connectivity index (χ0v) is 21.1. The van der Waals surface area contributed by atoms with Crippen molar-refractivity contribution in [3.63, 3.8) is 0 Å². The Morgan fingerprint density at radius 2 is 1.81 bits per heavy atom. The number of aromatic nitrogens is 4. The Bertz CT molecular complexity index is 1490. The van der Waals surface area contributed by atoms with Crippen LogP contribution in [0.25, 0.3) is 16.3 Å². The van der Waals surface area contributed by atoms with E-state index in [9.17, 15) is 27.6 Å². The van der Waals surface area contributed by atoms with Crippen molar-refractivity contribution in [1.82, 2.24) is 19.6 Å². The van der Waals surface area contributed by atoms with Crippen molar-refractivity contribution in [2.24, 2.45) is 0 Å². The SMILES string of the molecule is CCOC(=O)c1sc(NC(=O)c2nc3nc(-c4cccs4)cc(C(F)(F)F)n3n2)c(C(=O)OCC)c1C. The van der Waals surface area contributed by atoms with Crippen LogP contribution in [0.15, 0.2) is 23.6 Å². The van der Waals surface area contributed by atoms with Gasteiger partial charge in [0.1, 0.15) is 9.88 Å². The predicted molar refractivity (Wildman–Crippen MR) is 128 cm³/mol. The number of carbonyl (C=O) groups is 3. The molecular formula is C22H18F3N5O5S2. The molecule has 0 saturated heterocycles. The number of esters is 2. The number of halogens is 3. The molecule has 0 aliphatic carbocycles. The van der Waals surface area contributed by atoms with Gasteiger partial charge in [0.05, 0.1) is 29.3 Å². The molecule has 0 bridgehead atoms. The third-order valence-corrected chi connectivity index (χ3v) is 6.97. The molecule has 0 unspecified atom stereocenters. The minimum absolute atomic E-state index is 0.0201. The molecule has 194 valence electrons. The molecule has 0 atom stereocenters. The van der Waals surface area contributed by atoms with Crippen molar-refractivity contribution >= 4 is 51.3 Å². The van der Waals surface area contributed by atoms with Crippen LogP contribution in [0.1, 0.15) is 55.8 Å². The van der Waals surface area contributed by atoms with Crippen LogP contribution in [-0.2, 0) is 15.7 Å². The molecule has 0 radical (unpaired) electrons. The van der Waals surface area contributed by atoms with Crippen molar-refractivity contribution in [2.75, 3.05) is 18.5 Å². The molecule has 0 saturated carbocycles. The fourth-order valence-electron chi connectivity index (χ4n) is 3.32. The standard InChI is InChI=1S/C22H18F3N5O5S2/c1-4-34-19(32)14-10(3)15(20(33)35-5-2)37-18(14)28-17(31)16-27-21-26-11(12-7-6-8-36-12)9-13(22(23,24)25)30(21)29-16/h6-9H,4-5H2,1-3H3,(H,28,31). The van der Waals surface area contributed by atoms with E-state index in [0.29, 0.717) is 9.39 Å². The van der Waals surface area contributed by atoms with E-state index in [0.717, 1.165) is 17.4 Å². The summed E-state index contributed by atoms with van der Waals surface area (Å²) in [5, 5.41) is 7.75. The van der Waals surface area contributed by atoms with E-state index >= 15 is 0 Å². The fourth-order valence-corrected chi connectivity index (χ4v) is 5.09. The lowest BCUT2D eigenvalue weighted by Crippen LogP contribution is -2.17. The minimum atomic E-state index is -4.81. The first-order chi connectivity index (χ1) is 17.5. The molecule has 15 heteroatoms. The Morgan fingerprint density at radius 3 is 2.43 bits per heavy atom. The summed E-state index contributed by atoms with van der Waals surface area (Å²) in [6.45, 7) is 4.79. The number of hydrogen-bond donors (Lipinski definition) is 1. The second-order valence-corrected chi connectivity index (χ2v) is 9.27. The molecule has 4 heterocycles. The summed E-state index contributed by atoms with van der Waals surface area (Å²) in [7, 11) is 0. The van der Waals surface area contributed by atoms with Crippen LogP contribution in [0.4, 0.5) is 18.2 Å². The number of ether oxygens (including phenoxy) is 2. The maximum Gasteiger partial charge on any atom is 0.433 e. The van der Waals surface area contributed by atoms with E-state index in [-0.39, 0.29) is 39.9 Å². The summed E-state index contributed by atoms with van der Waals surface area (Å²) >= 11 is 1.95. The first-order valence-corrected chi connectivity index (χ1v) is 12.4. The van der Waals surface area contributed by atoms with Crippen molar-refractivity contribution in [1.29, 1.82) is 0 Å². The van der Waals surface area contributed by atoms with Gasteiger partial charge in [0, 0.05) is 0 Å². The van der Waals surface area contributed by atoms with Crippen molar-refractivity contribution < 1.29 is 37.0 Å². The van der Waals surface area contributed by atoms with Crippen LogP contribution in [-0.4, -0.2) is 50.6 Å². The van der Waals surface area contributed by atoms with E-state index < -0.39 is 41.3 Å². The summed E-state index contributed by atoms with van der Waals surface area (Å²) in [4.78, 5) is 46.4. The largest absolute Gasteiger partial charge is 0.462 e. The molecule has 10 nitrogen and oxygen atoms in total. The lowest BCUT2D eigenvalue weighted by molar-refractivity contribution is -0.142. The van der Waals surface area contributed by atoms with Gasteiger partial charge in [0.15, 0.2) is 5.69 Å². The Kier molecular flexibility index (Phi) is 7.27. The third kappa shape index (κ3) is 5.17. The summed E-state index contributed by atoms with van der Waals surface area (Å²) < 4.78 is 51.8. The van der Waals surface area contributed by atoms with Gasteiger partial charge in [-0.05, 0) is 43.8 Å². The number of rotatable bonds is 7. The average molecular weight is 554 g/mol. The van der Waals surface area contributed by atoms with Crippen molar-refractivity contribution in [2.45, 2.75) is 26.9 Å². The van der Waals surface area contributed by atoms with Crippen LogP contribution >= 0.6 is 22.7 Å². The van der Waals surface area contributed by atoms with Gasteiger partial charge in [-0.1, -0.05) is 6.07 Å². The lowest BCUT2D eigenvalue weighted by Gasteiger charge is -2.09. The van der Waals surface area contributed by atoms with Gasteiger partial charge in [-0.15, -0.1) is 27.8 Å². The summed E-state index contributed by atoms with van der Waals surface area (Å²) in [6.07, 6.45) is -4.81. The highest BCUT2D eigenvalue weighted by molar-refractivity contribution is 7.18. The van der Waals surface area contributed by atoms with Gasteiger partial charge in [0.2, 0.25) is 5.82 Å². The number of alkyl halides is 3. The predicted octanol–water partition coefficient (Wildman–Crippen LogP) is 4.85. The Balaban J connectivity index is 1.76. The number of nitrogens with zero attached hydrogens (tertiary/aromatic N) is 4. The number of amides is 1. The van der Waals surface area contributed by atoms with Crippen LogP contribution in [0.2, 0.25) is 0 Å². The monoisotopic (exact) mass is 553 g/mol. The van der Waals surface area contributed by atoms with Crippen molar-refractivity contribution in [3.8, 4) is 10.6 Å². The van der Waals surface area contributed by atoms with Gasteiger partial charge in [-0.2, -0.15) is 22.7 Å². The third-order valence-electron chi connectivity index (χ3n) is 4.89. The molecule has 4 rings (SSSR count). The number of fused-ring (bicyclic) bond motifs is 1. The number of nitrogens with one attached hydrogen (secondary N) is 1. The Morgan fingerprint density at radius 1 is 1.11 bits per heavy atom. The summed E-state index contributed by atoms with van der Waals surface area (Å²) in [5.41, 5.74) is -1.01. The molecule has 4 aromatic rings. The van der Waals surface area contributed by atoms with Gasteiger partial charge in [-0.25, -0.2) is 14.6 Å². The first kappa shape index (κ1) is 26.2. The van der Waals surface area contributed by atoms with E-state index in [2.05, 4.69) is 20.4 Å². The van der Waals surface area contributed by atoms with E-state index in [1.54, 1.807) is 31.4 Å². The molecule has 37 heavy (non-hydrogen) atoms. The molecule has 0 aliphatic rings. The molecule has 4 aromatic heterocycles. The van der Waals surface area contributed by atoms with E-state index in [4.69, 9.17) is 9.47 Å². The molecule has 1 amide bonds. The molecular weight excluding hydrogens is 535 g/mol. The van der Waals surface area contributed by atoms with Gasteiger partial charge in [0.25, 0.3) is 11.7 Å². The summed E-state index contributed by atoms with van der Waals surface area (Å²) in [5.74, 6) is -3.59. The molecule has 1 N–H and O–H groups in total. The zero-order valence-electron chi connectivity index (χ0n) is 19.5. The Hall–Kier alpha value is -3.85. The fraction of sp³-hybridized carbons (Fsp3) is 0.273. The highest BCUT2D eigenvalue weighted by Crippen LogP contribution is 2.35. The molecule has 0 aliphatic heterocycles. The van der Waals surface area contributed by atoms with Crippen LogP contribution < -0.4 is 5.32 Å². The van der Waals surface area contributed by atoms with E-state index in [1.165, 1.54) is 18.3 Å². The summed E-state index contributed by atoms with van der Waals surface area (Å²) in [6, 6.07) is 4.09. The van der Waals surface area contributed by atoms with Gasteiger partial charge < -0.3 is 14.8 Å². The van der Waals surface area contributed by atoms with Crippen LogP contribution in [0.3, 0.4) is 0 Å². The molecule has 0 fully saturated rings. The van der Waals surface area contributed by atoms with Gasteiger partial charge >= 0.3 is 18.1 Å². The number of thiophene rings is 2. The number of hydrogen-bond acceptors (Lipinski definition) is 10. The smallest absolute Gasteiger partial charge is 0.433 e. The highest BCUT2D eigenvalue weighted by Gasteiger charge is 2.36. The number of carbonyl (C=O) groups excluding carboxylic acids is 3. The lowest BCUT2D eigenvalue weighted by atomic mass is 10.1. The topological polar surface area (TPSA) is 125 Å². The molecule has 0 aromatic carbocycles. The van der Waals surface area contributed by atoms with E-state index in [1.807, 2.05) is 0 Å². The Labute approximate surface area is 215 Å². The normalized spacial score (nSPS) is 11.5. The first-order valence-electron chi connectivity index (χ1n) is 10.7. The average Bonchev–Trinajstić information content (AvgIpc) is 3.57. The molecule has 0 spiro atoms. The maximum atomic E-state index is 13.8. The second kappa shape index (κ2) is 10.3. The van der Waals surface area contributed by atoms with Crippen LogP contribution in [0.5, 0.6) is 0 Å². The quantitative estimate of drug-likeness (QED) is 0.322. The highest BCUT2D eigenvalue weighted by atomic mass is 32.1. The van der Waals surface area contributed by atoms with Gasteiger partial charge in [-0.3, -0.25) is 4.79 Å². The maximum absolute atomic E-state index is 13.8. The second-order valence-electron chi connectivity index (χ2n) is 7.30. The minimum Gasteiger partial charge on any atom is -0.462 e.